The van der Waals surface area contributed by atoms with Crippen LogP contribution in [0.3, 0.4) is 0 Å². The van der Waals surface area contributed by atoms with Crippen LogP contribution < -0.4 is 16.0 Å². The van der Waals surface area contributed by atoms with E-state index >= 15 is 0 Å². The second-order valence-electron chi connectivity index (χ2n) is 7.76. The van der Waals surface area contributed by atoms with E-state index in [2.05, 4.69) is 10.2 Å². The van der Waals surface area contributed by atoms with Crippen LogP contribution in [0.15, 0.2) is 64.3 Å². The number of nitrogens with zero attached hydrogens (tertiary/aromatic N) is 4. The summed E-state index contributed by atoms with van der Waals surface area (Å²) in [4.78, 5) is 24.6. The topological polar surface area (TPSA) is 106 Å². The van der Waals surface area contributed by atoms with E-state index in [0.717, 1.165) is 32.5 Å². The number of aromatic amines is 1. The molecule has 0 radical (unpaired) electrons. The summed E-state index contributed by atoms with van der Waals surface area (Å²) in [7, 11) is 1.42. The smallest absolute Gasteiger partial charge is 0.420 e. The molecule has 2 aromatic heterocycles. The minimum atomic E-state index is -4.83. The highest BCUT2D eigenvalue weighted by molar-refractivity contribution is 5.68. The van der Waals surface area contributed by atoms with Gasteiger partial charge in [-0.1, -0.05) is 18.2 Å². The largest absolute Gasteiger partial charge is 0.451 e. The van der Waals surface area contributed by atoms with Gasteiger partial charge in [0.25, 0.3) is 5.56 Å². The minimum absolute atomic E-state index is 0.0485. The van der Waals surface area contributed by atoms with Gasteiger partial charge in [0.2, 0.25) is 5.75 Å². The summed E-state index contributed by atoms with van der Waals surface area (Å²) in [6.45, 7) is 1.52. The fraction of sp³-hybridized carbons (Fsp3) is 0.167. The molecule has 0 saturated heterocycles. The van der Waals surface area contributed by atoms with Gasteiger partial charge < -0.3 is 9.30 Å². The first-order valence-corrected chi connectivity index (χ1v) is 10.3. The maximum absolute atomic E-state index is 13.7. The molecule has 1 N–H and O–H groups in total. The zero-order valence-electron chi connectivity index (χ0n) is 18.6. The first-order valence-electron chi connectivity index (χ1n) is 10.3. The normalized spacial score (nSPS) is 11.3. The number of hydrogen-bond acceptors (Lipinski definition) is 5. The number of nitrogens with one attached hydrogen (secondary N) is 1. The average Bonchev–Trinajstić information content (AvgIpc) is 3.13. The molecule has 0 saturated carbocycles. The fourth-order valence-corrected chi connectivity index (χ4v) is 3.54. The SMILES string of the molecule is Cc1cc(Oc2c(C(F)(F)F)ccn(Cc3n[nH]c(=O)n3C)c2=O)ccc1-c1ccc(C#N)cc1. The number of aryl methyl sites for hydroxylation is 1. The molecule has 178 valence electrons. The van der Waals surface area contributed by atoms with Crippen molar-refractivity contribution in [3.05, 3.63) is 98.1 Å². The molecule has 0 unspecified atom stereocenters. The van der Waals surface area contributed by atoms with E-state index < -0.39 is 28.7 Å². The lowest BCUT2D eigenvalue weighted by Gasteiger charge is -2.16. The van der Waals surface area contributed by atoms with Crippen molar-refractivity contribution in [1.82, 2.24) is 19.3 Å². The van der Waals surface area contributed by atoms with Gasteiger partial charge in [0.05, 0.1) is 18.2 Å². The predicted octanol–water partition coefficient (Wildman–Crippen LogP) is 3.98. The Hall–Kier alpha value is -4.59. The Morgan fingerprint density at radius 2 is 1.83 bits per heavy atom. The van der Waals surface area contributed by atoms with E-state index in [-0.39, 0.29) is 18.1 Å². The first kappa shape index (κ1) is 23.6. The van der Waals surface area contributed by atoms with Gasteiger partial charge in [0.15, 0.2) is 5.82 Å². The van der Waals surface area contributed by atoms with Crippen molar-refractivity contribution < 1.29 is 17.9 Å². The molecule has 0 bridgehead atoms. The van der Waals surface area contributed by atoms with Gasteiger partial charge >= 0.3 is 11.9 Å². The molecule has 4 aromatic rings. The van der Waals surface area contributed by atoms with Crippen LogP contribution in [0.25, 0.3) is 11.1 Å². The molecule has 0 fully saturated rings. The maximum Gasteiger partial charge on any atom is 0.420 e. The van der Waals surface area contributed by atoms with Gasteiger partial charge in [-0.05, 0) is 53.9 Å². The Morgan fingerprint density at radius 3 is 2.40 bits per heavy atom. The summed E-state index contributed by atoms with van der Waals surface area (Å²) >= 11 is 0. The predicted molar refractivity (Wildman–Crippen MR) is 120 cm³/mol. The van der Waals surface area contributed by atoms with Crippen LogP contribution in [0, 0.1) is 18.3 Å². The molecular formula is C24H18F3N5O3. The number of pyridine rings is 1. The molecular weight excluding hydrogens is 463 g/mol. The highest BCUT2D eigenvalue weighted by Gasteiger charge is 2.36. The lowest BCUT2D eigenvalue weighted by atomic mass is 9.99. The van der Waals surface area contributed by atoms with Crippen molar-refractivity contribution in [3.63, 3.8) is 0 Å². The van der Waals surface area contributed by atoms with Gasteiger partial charge in [-0.15, -0.1) is 0 Å². The number of ether oxygens (including phenoxy) is 1. The lowest BCUT2D eigenvalue weighted by Crippen LogP contribution is -2.26. The second-order valence-corrected chi connectivity index (χ2v) is 7.76. The van der Waals surface area contributed by atoms with E-state index in [1.54, 1.807) is 37.3 Å². The van der Waals surface area contributed by atoms with E-state index in [9.17, 15) is 22.8 Å². The summed E-state index contributed by atoms with van der Waals surface area (Å²) < 4.78 is 48.6. The zero-order valence-corrected chi connectivity index (χ0v) is 18.6. The van der Waals surface area contributed by atoms with Crippen LogP contribution in [0.4, 0.5) is 13.2 Å². The molecule has 35 heavy (non-hydrogen) atoms. The maximum atomic E-state index is 13.7. The molecule has 8 nitrogen and oxygen atoms in total. The number of nitriles is 1. The molecule has 2 heterocycles. The molecule has 0 spiro atoms. The highest BCUT2D eigenvalue weighted by Crippen LogP contribution is 2.37. The molecule has 0 aliphatic carbocycles. The van der Waals surface area contributed by atoms with Crippen LogP contribution in [-0.4, -0.2) is 19.3 Å². The average molecular weight is 481 g/mol. The van der Waals surface area contributed by atoms with E-state index in [4.69, 9.17) is 10.00 Å². The Kier molecular flexibility index (Phi) is 6.05. The lowest BCUT2D eigenvalue weighted by molar-refractivity contribution is -0.138. The van der Waals surface area contributed by atoms with Crippen LogP contribution in [0.5, 0.6) is 11.5 Å². The van der Waals surface area contributed by atoms with Gasteiger partial charge in [-0.25, -0.2) is 9.89 Å². The molecule has 2 aromatic carbocycles. The van der Waals surface area contributed by atoms with Gasteiger partial charge in [0.1, 0.15) is 11.3 Å². The highest BCUT2D eigenvalue weighted by atomic mass is 19.4. The molecule has 0 atom stereocenters. The number of benzene rings is 2. The van der Waals surface area contributed by atoms with Gasteiger partial charge in [-0.2, -0.15) is 23.5 Å². The quantitative estimate of drug-likeness (QED) is 0.464. The van der Waals surface area contributed by atoms with Crippen molar-refractivity contribution in [2.24, 2.45) is 7.05 Å². The van der Waals surface area contributed by atoms with Crippen molar-refractivity contribution in [1.29, 1.82) is 5.26 Å². The summed E-state index contributed by atoms with van der Waals surface area (Å²) in [5.74, 6) is -0.677. The Morgan fingerprint density at radius 1 is 1.11 bits per heavy atom. The zero-order chi connectivity index (χ0) is 25.3. The number of alkyl halides is 3. The Balaban J connectivity index is 1.72. The van der Waals surface area contributed by atoms with E-state index in [1.165, 1.54) is 19.2 Å². The number of rotatable bonds is 5. The summed E-state index contributed by atoms with van der Waals surface area (Å²) in [6.07, 6.45) is -3.85. The number of hydrogen-bond donors (Lipinski definition) is 1. The molecule has 0 aliphatic heterocycles. The molecule has 4 rings (SSSR count). The van der Waals surface area contributed by atoms with Crippen LogP contribution in [0.1, 0.15) is 22.5 Å². The van der Waals surface area contributed by atoms with E-state index in [1.807, 2.05) is 6.07 Å². The molecule has 0 aliphatic rings. The van der Waals surface area contributed by atoms with Crippen LogP contribution >= 0.6 is 0 Å². The van der Waals surface area contributed by atoms with Crippen molar-refractivity contribution in [3.8, 4) is 28.7 Å². The third kappa shape index (κ3) is 4.72. The Labute approximate surface area is 196 Å². The Bertz CT molecular complexity index is 1560. The number of H-pyrrole nitrogens is 1. The standard InChI is InChI=1S/C24H18F3N5O3/c1-14-11-17(7-8-18(14)16-5-3-15(12-28)4-6-16)35-21-19(24(25,26)27)9-10-32(22(21)33)13-20-29-30-23(34)31(20)2/h3-11H,13H2,1-2H3,(H,30,34). The summed E-state index contributed by atoms with van der Waals surface area (Å²) in [5.41, 5.74) is 0.0465. The van der Waals surface area contributed by atoms with Crippen molar-refractivity contribution in [2.45, 2.75) is 19.6 Å². The third-order valence-electron chi connectivity index (χ3n) is 5.45. The van der Waals surface area contributed by atoms with Crippen LogP contribution in [0.2, 0.25) is 0 Å². The fourth-order valence-electron chi connectivity index (χ4n) is 3.54. The third-order valence-corrected chi connectivity index (χ3v) is 5.45. The summed E-state index contributed by atoms with van der Waals surface area (Å²) in [5, 5.41) is 15.0. The molecule has 0 amide bonds. The summed E-state index contributed by atoms with van der Waals surface area (Å²) in [6, 6.07) is 14.3. The van der Waals surface area contributed by atoms with E-state index in [0.29, 0.717) is 11.1 Å². The second kappa shape index (κ2) is 8.98. The monoisotopic (exact) mass is 481 g/mol. The van der Waals surface area contributed by atoms with Crippen LogP contribution in [-0.2, 0) is 19.8 Å². The van der Waals surface area contributed by atoms with Crippen molar-refractivity contribution in [2.75, 3.05) is 0 Å². The van der Waals surface area contributed by atoms with Crippen molar-refractivity contribution >= 4 is 0 Å². The number of halogens is 3. The first-order chi connectivity index (χ1) is 16.6. The number of aromatic nitrogens is 4. The van der Waals surface area contributed by atoms with Gasteiger partial charge in [-0.3, -0.25) is 9.36 Å². The minimum Gasteiger partial charge on any atom is -0.451 e. The molecule has 11 heteroatoms. The van der Waals surface area contributed by atoms with Gasteiger partial charge in [0, 0.05) is 13.2 Å².